The number of hydrogen-bond donors (Lipinski definition) is 2. The molecule has 2 fully saturated rings. The van der Waals surface area contributed by atoms with Crippen LogP contribution in [0.25, 0.3) is 0 Å². The van der Waals surface area contributed by atoms with Crippen LogP contribution in [-0.4, -0.2) is 41.6 Å². The summed E-state index contributed by atoms with van der Waals surface area (Å²) >= 11 is 9.40. The maximum absolute atomic E-state index is 12.8. The van der Waals surface area contributed by atoms with Gasteiger partial charge in [0.2, 0.25) is 0 Å². The molecule has 7 heteroatoms. The molecule has 0 radical (unpaired) electrons. The van der Waals surface area contributed by atoms with Crippen LogP contribution < -0.4 is 5.32 Å². The number of benzene rings is 1. The highest BCUT2D eigenvalue weighted by Gasteiger charge is 2.48. The molecule has 4 rings (SSSR count). The zero-order chi connectivity index (χ0) is 16.9. The molecule has 1 aromatic carbocycles. The van der Waals surface area contributed by atoms with Crippen LogP contribution in [0.4, 0.5) is 5.69 Å². The molecular formula is C17H18BrClN2O3. The van der Waals surface area contributed by atoms with E-state index in [2.05, 4.69) is 26.2 Å². The molecule has 1 aromatic rings. The number of Topliss-reactive ketones (excluding diaryl/α,β-unsaturated/α-hetero) is 1. The maximum Gasteiger partial charge on any atom is 0.173 e. The van der Waals surface area contributed by atoms with Crippen LogP contribution in [-0.2, 0) is 4.74 Å². The summed E-state index contributed by atoms with van der Waals surface area (Å²) in [4.78, 5) is 17.1. The fourth-order valence-corrected chi connectivity index (χ4v) is 4.34. The molecule has 2 N–H and O–H groups in total. The van der Waals surface area contributed by atoms with Gasteiger partial charge < -0.3 is 15.2 Å². The number of ketones is 1. The highest BCUT2D eigenvalue weighted by atomic mass is 79.9. The Balaban J connectivity index is 1.54. The van der Waals surface area contributed by atoms with E-state index in [1.165, 1.54) is 0 Å². The van der Waals surface area contributed by atoms with Crippen LogP contribution >= 0.6 is 27.5 Å². The van der Waals surface area contributed by atoms with Gasteiger partial charge in [-0.05, 0) is 47.4 Å². The minimum Gasteiger partial charge on any atom is -0.365 e. The second-order valence-electron chi connectivity index (χ2n) is 6.75. The molecule has 5 nitrogen and oxygen atoms in total. The van der Waals surface area contributed by atoms with E-state index in [1.807, 2.05) is 0 Å². The number of carbonyl (C=O) groups excluding carboxylic acids is 1. The number of ether oxygens (including phenoxy) is 1. The Morgan fingerprint density at radius 3 is 3.12 bits per heavy atom. The monoisotopic (exact) mass is 412 g/mol. The van der Waals surface area contributed by atoms with Gasteiger partial charge in [-0.1, -0.05) is 11.6 Å². The number of rotatable bonds is 2. The lowest BCUT2D eigenvalue weighted by molar-refractivity contribution is -0.199. The van der Waals surface area contributed by atoms with Crippen LogP contribution in [0, 0.1) is 5.92 Å². The number of aliphatic imine (C=N–C) groups is 1. The molecule has 0 bridgehead atoms. The van der Waals surface area contributed by atoms with E-state index >= 15 is 0 Å². The number of fused-ring (bicyclic) bond motifs is 2. The number of aliphatic hydroxyl groups is 1. The maximum atomic E-state index is 12.8. The second-order valence-corrected chi connectivity index (χ2v) is 8.01. The molecule has 3 aliphatic heterocycles. The van der Waals surface area contributed by atoms with Gasteiger partial charge in [0.25, 0.3) is 0 Å². The summed E-state index contributed by atoms with van der Waals surface area (Å²) in [5, 5.41) is 14.7. The predicted molar refractivity (Wildman–Crippen MR) is 95.2 cm³/mol. The Labute approximate surface area is 153 Å². The number of nitrogens with zero attached hydrogens (tertiary/aromatic N) is 1. The molecule has 3 aliphatic rings. The van der Waals surface area contributed by atoms with Gasteiger partial charge in [0.15, 0.2) is 11.6 Å². The minimum atomic E-state index is -1.28. The average molecular weight is 414 g/mol. The van der Waals surface area contributed by atoms with Crippen LogP contribution in [0.15, 0.2) is 21.6 Å². The Morgan fingerprint density at radius 2 is 2.33 bits per heavy atom. The van der Waals surface area contributed by atoms with E-state index in [0.717, 1.165) is 19.4 Å². The Kier molecular flexibility index (Phi) is 4.29. The molecule has 24 heavy (non-hydrogen) atoms. The van der Waals surface area contributed by atoms with Crippen molar-refractivity contribution in [3.63, 3.8) is 0 Å². The molecule has 0 spiro atoms. The highest BCUT2D eigenvalue weighted by Crippen LogP contribution is 2.40. The van der Waals surface area contributed by atoms with Gasteiger partial charge in [-0.15, -0.1) is 0 Å². The summed E-state index contributed by atoms with van der Waals surface area (Å²) in [6.45, 7) is 0.951. The minimum absolute atomic E-state index is 0.0274. The predicted octanol–water partition coefficient (Wildman–Crippen LogP) is 3.24. The Bertz CT molecular complexity index is 710. The van der Waals surface area contributed by atoms with Crippen molar-refractivity contribution in [2.24, 2.45) is 10.9 Å². The van der Waals surface area contributed by atoms with Crippen molar-refractivity contribution >= 4 is 45.2 Å². The molecule has 128 valence electrons. The van der Waals surface area contributed by atoms with Crippen molar-refractivity contribution in [3.05, 3.63) is 27.2 Å². The van der Waals surface area contributed by atoms with Crippen molar-refractivity contribution < 1.29 is 14.6 Å². The van der Waals surface area contributed by atoms with E-state index in [-0.39, 0.29) is 24.3 Å². The van der Waals surface area contributed by atoms with Crippen molar-refractivity contribution in [2.45, 2.75) is 43.6 Å². The SMILES string of the molecule is O=C1c2cc(Br)c(Cl)cc2N=CC1CC1(O)C[C@H]2NCCC[C@H]2O1. The van der Waals surface area contributed by atoms with E-state index in [9.17, 15) is 9.90 Å². The van der Waals surface area contributed by atoms with E-state index < -0.39 is 11.7 Å². The fourth-order valence-electron chi connectivity index (χ4n) is 3.84. The molecule has 2 unspecified atom stereocenters. The topological polar surface area (TPSA) is 70.9 Å². The largest absolute Gasteiger partial charge is 0.365 e. The fraction of sp³-hybridized carbons (Fsp3) is 0.529. The highest BCUT2D eigenvalue weighted by molar-refractivity contribution is 9.10. The first-order chi connectivity index (χ1) is 11.5. The van der Waals surface area contributed by atoms with Gasteiger partial charge in [0.1, 0.15) is 0 Å². The van der Waals surface area contributed by atoms with Gasteiger partial charge in [-0.25, -0.2) is 0 Å². The van der Waals surface area contributed by atoms with Gasteiger partial charge in [0, 0.05) is 35.1 Å². The summed E-state index contributed by atoms with van der Waals surface area (Å²) in [5.41, 5.74) is 1.09. The third-order valence-corrected chi connectivity index (χ3v) is 6.20. The molecular weight excluding hydrogens is 396 g/mol. The number of hydrogen-bond acceptors (Lipinski definition) is 5. The quantitative estimate of drug-likeness (QED) is 0.781. The lowest BCUT2D eigenvalue weighted by Crippen LogP contribution is -2.41. The molecule has 0 saturated carbocycles. The molecule has 4 atom stereocenters. The van der Waals surface area contributed by atoms with Crippen molar-refractivity contribution in [1.29, 1.82) is 0 Å². The van der Waals surface area contributed by atoms with E-state index in [0.29, 0.717) is 27.2 Å². The van der Waals surface area contributed by atoms with Crippen molar-refractivity contribution in [3.8, 4) is 0 Å². The molecule has 0 aromatic heterocycles. The van der Waals surface area contributed by atoms with Crippen molar-refractivity contribution in [1.82, 2.24) is 5.32 Å². The van der Waals surface area contributed by atoms with Crippen LogP contribution in [0.1, 0.15) is 36.0 Å². The first-order valence-corrected chi connectivity index (χ1v) is 9.33. The van der Waals surface area contributed by atoms with Gasteiger partial charge in [-0.3, -0.25) is 9.79 Å². The molecule has 0 amide bonds. The number of piperidine rings is 1. The van der Waals surface area contributed by atoms with Crippen LogP contribution in [0.2, 0.25) is 5.02 Å². The zero-order valence-electron chi connectivity index (χ0n) is 13.0. The average Bonchev–Trinajstić information content (AvgIpc) is 2.88. The van der Waals surface area contributed by atoms with Gasteiger partial charge in [0.05, 0.1) is 22.7 Å². The smallest absolute Gasteiger partial charge is 0.173 e. The lowest BCUT2D eigenvalue weighted by atomic mass is 9.87. The number of carbonyl (C=O) groups is 1. The first-order valence-electron chi connectivity index (χ1n) is 8.16. The molecule has 2 saturated heterocycles. The standard InChI is InChI=1S/C17H18BrClN2O3/c18-11-4-10-13(5-12(11)19)21-8-9(16(10)22)6-17(23)7-14-15(24-17)2-1-3-20-14/h4-5,8-9,14-15,20,23H,1-3,6-7H2/t9?,14-,15-,17?/m1/s1. The van der Waals surface area contributed by atoms with Crippen LogP contribution in [0.3, 0.4) is 0 Å². The second kappa shape index (κ2) is 6.18. The van der Waals surface area contributed by atoms with Crippen LogP contribution in [0.5, 0.6) is 0 Å². The lowest BCUT2D eigenvalue weighted by Gasteiger charge is -2.27. The van der Waals surface area contributed by atoms with Gasteiger partial charge >= 0.3 is 0 Å². The van der Waals surface area contributed by atoms with E-state index in [1.54, 1.807) is 18.3 Å². The Hall–Kier alpha value is -0.790. The first kappa shape index (κ1) is 16.7. The van der Waals surface area contributed by atoms with E-state index in [4.69, 9.17) is 16.3 Å². The summed E-state index contributed by atoms with van der Waals surface area (Å²) < 4.78 is 6.55. The normalized spacial score (nSPS) is 35.0. The number of nitrogens with one attached hydrogen (secondary N) is 1. The third kappa shape index (κ3) is 2.95. The summed E-state index contributed by atoms with van der Waals surface area (Å²) in [6.07, 6.45) is 4.35. The third-order valence-electron chi connectivity index (χ3n) is 5.00. The summed E-state index contributed by atoms with van der Waals surface area (Å²) in [5.74, 6) is -1.83. The zero-order valence-corrected chi connectivity index (χ0v) is 15.3. The van der Waals surface area contributed by atoms with Gasteiger partial charge in [-0.2, -0.15) is 0 Å². The number of halogens is 2. The van der Waals surface area contributed by atoms with Crippen molar-refractivity contribution in [2.75, 3.05) is 6.54 Å². The molecule has 0 aliphatic carbocycles. The molecule has 3 heterocycles. The summed E-state index contributed by atoms with van der Waals surface area (Å²) in [7, 11) is 0. The Morgan fingerprint density at radius 1 is 1.50 bits per heavy atom. The summed E-state index contributed by atoms with van der Waals surface area (Å²) in [6, 6.07) is 3.54.